The molecule has 4 nitrogen and oxygen atoms in total. The first-order valence-electron chi connectivity index (χ1n) is 4.28. The molecule has 0 aliphatic heterocycles. The molecule has 78 valence electrons. The average Bonchev–Trinajstić information content (AvgIpc) is 2.21. The van der Waals surface area contributed by atoms with Gasteiger partial charge in [-0.2, -0.15) is 0 Å². The van der Waals surface area contributed by atoms with E-state index in [2.05, 4.69) is 4.84 Å². The zero-order valence-electron chi connectivity index (χ0n) is 8.45. The van der Waals surface area contributed by atoms with Crippen molar-refractivity contribution in [1.29, 1.82) is 0 Å². The van der Waals surface area contributed by atoms with Gasteiger partial charge in [0.2, 0.25) is 0 Å². The topological polar surface area (TPSA) is 53.7 Å². The van der Waals surface area contributed by atoms with Gasteiger partial charge in [0.1, 0.15) is 5.75 Å². The standard InChI is InChI=1S/C10H15NO3/c1-12-6-9-5-10(13-2)4-3-8(9)7-14-11/h3-5H,6-7,11H2,1-2H3. The number of benzene rings is 1. The molecule has 0 aliphatic rings. The third kappa shape index (κ3) is 2.70. The molecule has 0 unspecified atom stereocenters. The Morgan fingerprint density at radius 1 is 1.14 bits per heavy atom. The SMILES string of the molecule is COCc1cc(OC)ccc1CON. The summed E-state index contributed by atoms with van der Waals surface area (Å²) in [4.78, 5) is 4.59. The van der Waals surface area contributed by atoms with Gasteiger partial charge < -0.3 is 9.47 Å². The van der Waals surface area contributed by atoms with Crippen molar-refractivity contribution >= 4 is 0 Å². The molecule has 0 spiro atoms. The molecule has 0 heterocycles. The summed E-state index contributed by atoms with van der Waals surface area (Å²) in [5.41, 5.74) is 2.03. The molecule has 0 aliphatic carbocycles. The minimum Gasteiger partial charge on any atom is -0.497 e. The molecule has 0 aromatic heterocycles. The highest BCUT2D eigenvalue weighted by atomic mass is 16.6. The maximum atomic E-state index is 5.11. The maximum Gasteiger partial charge on any atom is 0.119 e. The van der Waals surface area contributed by atoms with Gasteiger partial charge in [0.05, 0.1) is 20.3 Å². The van der Waals surface area contributed by atoms with E-state index in [0.717, 1.165) is 16.9 Å². The third-order valence-corrected chi connectivity index (χ3v) is 1.95. The van der Waals surface area contributed by atoms with Crippen molar-refractivity contribution in [3.8, 4) is 5.75 Å². The van der Waals surface area contributed by atoms with E-state index in [1.165, 1.54) is 0 Å². The zero-order chi connectivity index (χ0) is 10.4. The number of rotatable bonds is 5. The van der Waals surface area contributed by atoms with Crippen LogP contribution in [-0.2, 0) is 22.8 Å². The van der Waals surface area contributed by atoms with Crippen LogP contribution in [-0.4, -0.2) is 14.2 Å². The molecule has 1 aromatic carbocycles. The Balaban J connectivity index is 2.91. The number of hydrogen-bond donors (Lipinski definition) is 1. The second kappa shape index (κ2) is 5.59. The number of nitrogens with two attached hydrogens (primary N) is 1. The van der Waals surface area contributed by atoms with Crippen molar-refractivity contribution < 1.29 is 14.3 Å². The van der Waals surface area contributed by atoms with Crippen molar-refractivity contribution in [1.82, 2.24) is 0 Å². The zero-order valence-corrected chi connectivity index (χ0v) is 8.45. The second-order valence-electron chi connectivity index (χ2n) is 2.88. The third-order valence-electron chi connectivity index (χ3n) is 1.95. The van der Waals surface area contributed by atoms with E-state index in [4.69, 9.17) is 15.4 Å². The van der Waals surface area contributed by atoms with Gasteiger partial charge in [-0.3, -0.25) is 4.84 Å². The maximum absolute atomic E-state index is 5.11. The Morgan fingerprint density at radius 2 is 1.93 bits per heavy atom. The minimum absolute atomic E-state index is 0.378. The lowest BCUT2D eigenvalue weighted by atomic mass is 10.1. The van der Waals surface area contributed by atoms with Crippen molar-refractivity contribution in [2.45, 2.75) is 13.2 Å². The number of ether oxygens (including phenoxy) is 2. The second-order valence-corrected chi connectivity index (χ2v) is 2.88. The van der Waals surface area contributed by atoms with Gasteiger partial charge in [-0.25, -0.2) is 5.90 Å². The van der Waals surface area contributed by atoms with Crippen LogP contribution in [0.15, 0.2) is 18.2 Å². The van der Waals surface area contributed by atoms with Crippen LogP contribution >= 0.6 is 0 Å². The Labute approximate surface area is 83.5 Å². The van der Waals surface area contributed by atoms with Crippen molar-refractivity contribution in [3.63, 3.8) is 0 Å². The van der Waals surface area contributed by atoms with Crippen LogP contribution in [0.3, 0.4) is 0 Å². The minimum atomic E-state index is 0.378. The summed E-state index contributed by atoms with van der Waals surface area (Å²) in [7, 11) is 3.28. The molecule has 1 rings (SSSR count). The van der Waals surface area contributed by atoms with E-state index in [-0.39, 0.29) is 0 Å². The molecule has 4 heteroatoms. The summed E-state index contributed by atoms with van der Waals surface area (Å²) in [5, 5.41) is 0. The van der Waals surface area contributed by atoms with Crippen molar-refractivity contribution in [2.75, 3.05) is 14.2 Å². The number of hydrogen-bond acceptors (Lipinski definition) is 4. The summed E-state index contributed by atoms with van der Waals surface area (Å²) in [6.07, 6.45) is 0. The van der Waals surface area contributed by atoms with E-state index in [1.54, 1.807) is 14.2 Å². The lowest BCUT2D eigenvalue weighted by molar-refractivity contribution is 0.120. The van der Waals surface area contributed by atoms with Gasteiger partial charge in [0.25, 0.3) is 0 Å². The molecule has 2 N–H and O–H groups in total. The quantitative estimate of drug-likeness (QED) is 0.721. The molecule has 0 atom stereocenters. The summed E-state index contributed by atoms with van der Waals surface area (Å²) >= 11 is 0. The van der Waals surface area contributed by atoms with Gasteiger partial charge in [-0.1, -0.05) is 6.07 Å². The smallest absolute Gasteiger partial charge is 0.119 e. The highest BCUT2D eigenvalue weighted by Gasteiger charge is 2.03. The summed E-state index contributed by atoms with van der Waals surface area (Å²) < 4.78 is 10.2. The summed E-state index contributed by atoms with van der Waals surface area (Å²) in [5.74, 6) is 5.83. The van der Waals surface area contributed by atoms with Gasteiger partial charge in [-0.15, -0.1) is 0 Å². The Kier molecular flexibility index (Phi) is 4.39. The fraction of sp³-hybridized carbons (Fsp3) is 0.400. The van der Waals surface area contributed by atoms with Crippen LogP contribution in [0.4, 0.5) is 0 Å². The van der Waals surface area contributed by atoms with Crippen molar-refractivity contribution in [2.24, 2.45) is 5.90 Å². The predicted octanol–water partition coefficient (Wildman–Crippen LogP) is 1.23. The fourth-order valence-corrected chi connectivity index (χ4v) is 1.25. The molecule has 1 aromatic rings. The Bertz CT molecular complexity index is 289. The van der Waals surface area contributed by atoms with E-state index in [9.17, 15) is 0 Å². The first-order valence-corrected chi connectivity index (χ1v) is 4.28. The molecule has 0 radical (unpaired) electrons. The van der Waals surface area contributed by atoms with Crippen LogP contribution < -0.4 is 10.6 Å². The monoisotopic (exact) mass is 197 g/mol. The van der Waals surface area contributed by atoms with Crippen LogP contribution in [0.2, 0.25) is 0 Å². The summed E-state index contributed by atoms with van der Waals surface area (Å²) in [6.45, 7) is 0.901. The first kappa shape index (κ1) is 11.0. The normalized spacial score (nSPS) is 10.2. The highest BCUT2D eigenvalue weighted by Crippen LogP contribution is 2.18. The van der Waals surface area contributed by atoms with Crippen LogP contribution in [0.25, 0.3) is 0 Å². The Morgan fingerprint density at radius 3 is 2.50 bits per heavy atom. The lowest BCUT2D eigenvalue weighted by Crippen LogP contribution is -2.03. The first-order chi connectivity index (χ1) is 6.81. The molecule has 0 amide bonds. The van der Waals surface area contributed by atoms with Gasteiger partial charge in [0, 0.05) is 7.11 Å². The van der Waals surface area contributed by atoms with Crippen LogP contribution in [0.5, 0.6) is 5.75 Å². The molecule has 0 saturated heterocycles. The summed E-state index contributed by atoms with van der Waals surface area (Å²) in [6, 6.07) is 5.70. The van der Waals surface area contributed by atoms with Crippen LogP contribution in [0, 0.1) is 0 Å². The molecule has 0 bridgehead atoms. The molecule has 0 saturated carbocycles. The van der Waals surface area contributed by atoms with E-state index in [1.807, 2.05) is 18.2 Å². The number of methoxy groups -OCH3 is 2. The van der Waals surface area contributed by atoms with E-state index >= 15 is 0 Å². The van der Waals surface area contributed by atoms with Gasteiger partial charge in [-0.05, 0) is 23.3 Å². The molecular weight excluding hydrogens is 182 g/mol. The Hall–Kier alpha value is -1.10. The van der Waals surface area contributed by atoms with Crippen LogP contribution in [0.1, 0.15) is 11.1 Å². The van der Waals surface area contributed by atoms with Gasteiger partial charge in [0.15, 0.2) is 0 Å². The van der Waals surface area contributed by atoms with E-state index < -0.39 is 0 Å². The fourth-order valence-electron chi connectivity index (χ4n) is 1.25. The van der Waals surface area contributed by atoms with E-state index in [0.29, 0.717) is 13.2 Å². The predicted molar refractivity (Wildman–Crippen MR) is 52.7 cm³/mol. The molecule has 14 heavy (non-hydrogen) atoms. The average molecular weight is 197 g/mol. The molecular formula is C10H15NO3. The van der Waals surface area contributed by atoms with Crippen molar-refractivity contribution in [3.05, 3.63) is 29.3 Å². The highest BCUT2D eigenvalue weighted by molar-refractivity contribution is 5.35. The largest absolute Gasteiger partial charge is 0.497 e. The lowest BCUT2D eigenvalue weighted by Gasteiger charge is -2.09. The molecule has 0 fully saturated rings. The van der Waals surface area contributed by atoms with Gasteiger partial charge >= 0.3 is 0 Å².